The van der Waals surface area contributed by atoms with Crippen LogP contribution in [0.3, 0.4) is 0 Å². The van der Waals surface area contributed by atoms with Gasteiger partial charge in [-0.15, -0.1) is 0 Å². The Labute approximate surface area is 153 Å². The highest BCUT2D eigenvalue weighted by Gasteiger charge is 2.16. The zero-order valence-corrected chi connectivity index (χ0v) is 14.3. The van der Waals surface area contributed by atoms with Gasteiger partial charge in [0.15, 0.2) is 0 Å². The van der Waals surface area contributed by atoms with Crippen LogP contribution in [-0.4, -0.2) is 21.6 Å². The predicted octanol–water partition coefficient (Wildman–Crippen LogP) is 3.61. The number of nitrogens with zero attached hydrogens (tertiary/aromatic N) is 2. The number of hydrogen-bond acceptors (Lipinski definition) is 3. The molecule has 27 heavy (non-hydrogen) atoms. The molecule has 2 N–H and O–H groups in total. The monoisotopic (exact) mass is 370 g/mol. The van der Waals surface area contributed by atoms with Gasteiger partial charge in [-0.25, -0.2) is 8.78 Å². The molecule has 8 heteroatoms. The van der Waals surface area contributed by atoms with Gasteiger partial charge in [0.25, 0.3) is 5.91 Å². The Morgan fingerprint density at radius 3 is 2.44 bits per heavy atom. The van der Waals surface area contributed by atoms with E-state index in [1.54, 1.807) is 43.6 Å². The second kappa shape index (κ2) is 7.77. The summed E-state index contributed by atoms with van der Waals surface area (Å²) in [5.74, 6) is -2.72. The number of benzene rings is 2. The zero-order chi connectivity index (χ0) is 19.4. The van der Waals surface area contributed by atoms with Gasteiger partial charge < -0.3 is 10.6 Å². The lowest BCUT2D eigenvalue weighted by Gasteiger charge is -2.13. The number of rotatable bonds is 5. The van der Waals surface area contributed by atoms with Crippen molar-refractivity contribution in [2.24, 2.45) is 0 Å². The van der Waals surface area contributed by atoms with Gasteiger partial charge in [-0.05, 0) is 43.3 Å². The molecule has 0 radical (unpaired) electrons. The van der Waals surface area contributed by atoms with Crippen molar-refractivity contribution < 1.29 is 18.4 Å². The van der Waals surface area contributed by atoms with E-state index in [1.807, 2.05) is 0 Å². The molecule has 0 aliphatic carbocycles. The van der Waals surface area contributed by atoms with Crippen LogP contribution in [0.25, 0.3) is 0 Å². The molecule has 0 aliphatic heterocycles. The number of aromatic nitrogens is 2. The van der Waals surface area contributed by atoms with Crippen molar-refractivity contribution in [3.8, 4) is 0 Å². The highest BCUT2D eigenvalue weighted by Crippen LogP contribution is 2.18. The molecule has 0 saturated heterocycles. The molecule has 3 rings (SSSR count). The van der Waals surface area contributed by atoms with Crippen molar-refractivity contribution in [2.45, 2.75) is 13.0 Å². The maximum atomic E-state index is 13.7. The van der Waals surface area contributed by atoms with E-state index in [9.17, 15) is 18.4 Å². The molecule has 1 atom stereocenters. The maximum Gasteiger partial charge on any atom is 0.258 e. The molecule has 138 valence electrons. The Hall–Kier alpha value is -3.55. The second-order valence-corrected chi connectivity index (χ2v) is 5.81. The molecule has 1 unspecified atom stereocenters. The highest BCUT2D eigenvalue weighted by atomic mass is 19.1. The fourth-order valence-corrected chi connectivity index (χ4v) is 2.42. The summed E-state index contributed by atoms with van der Waals surface area (Å²) in [4.78, 5) is 24.5. The van der Waals surface area contributed by atoms with Gasteiger partial charge in [0.2, 0.25) is 5.91 Å². The number of carbonyl (C=O) groups excluding carboxylic acids is 2. The summed E-state index contributed by atoms with van der Waals surface area (Å²) in [6, 6.07) is 10.3. The third-order valence-electron chi connectivity index (χ3n) is 3.86. The van der Waals surface area contributed by atoms with Gasteiger partial charge >= 0.3 is 0 Å². The first-order valence-corrected chi connectivity index (χ1v) is 8.10. The molecular weight excluding hydrogens is 354 g/mol. The predicted molar refractivity (Wildman–Crippen MR) is 96.3 cm³/mol. The topological polar surface area (TPSA) is 76.0 Å². The Bertz CT molecular complexity index is 974. The van der Waals surface area contributed by atoms with Gasteiger partial charge in [-0.1, -0.05) is 6.07 Å². The summed E-state index contributed by atoms with van der Waals surface area (Å²) in [6.07, 6.45) is 3.26. The van der Waals surface area contributed by atoms with Crippen molar-refractivity contribution in [2.75, 3.05) is 10.6 Å². The van der Waals surface area contributed by atoms with E-state index < -0.39 is 23.6 Å². The van der Waals surface area contributed by atoms with E-state index in [1.165, 1.54) is 10.7 Å². The lowest BCUT2D eigenvalue weighted by atomic mass is 10.2. The largest absolute Gasteiger partial charge is 0.324 e. The minimum Gasteiger partial charge on any atom is -0.324 e. The SMILES string of the molecule is CC(C(=O)Nc1cccc(NC(=O)c2ccc(F)cc2F)c1)n1cccn1. The molecule has 2 amide bonds. The van der Waals surface area contributed by atoms with E-state index in [-0.39, 0.29) is 11.5 Å². The van der Waals surface area contributed by atoms with Crippen LogP contribution in [0.2, 0.25) is 0 Å². The Morgan fingerprint density at radius 2 is 1.78 bits per heavy atom. The van der Waals surface area contributed by atoms with E-state index in [0.717, 1.165) is 12.1 Å². The molecule has 1 heterocycles. The van der Waals surface area contributed by atoms with E-state index in [4.69, 9.17) is 0 Å². The van der Waals surface area contributed by atoms with Crippen LogP contribution in [0.15, 0.2) is 60.9 Å². The van der Waals surface area contributed by atoms with Crippen LogP contribution in [0.1, 0.15) is 23.3 Å². The first-order chi connectivity index (χ1) is 12.9. The fraction of sp³-hybridized carbons (Fsp3) is 0.105. The van der Waals surface area contributed by atoms with Crippen LogP contribution in [0.5, 0.6) is 0 Å². The van der Waals surface area contributed by atoms with Crippen LogP contribution >= 0.6 is 0 Å². The first-order valence-electron chi connectivity index (χ1n) is 8.10. The van der Waals surface area contributed by atoms with Crippen molar-refractivity contribution >= 4 is 23.2 Å². The Morgan fingerprint density at radius 1 is 1.04 bits per heavy atom. The summed E-state index contributed by atoms with van der Waals surface area (Å²) in [7, 11) is 0. The van der Waals surface area contributed by atoms with Gasteiger partial charge in [0, 0.05) is 29.8 Å². The summed E-state index contributed by atoms with van der Waals surface area (Å²) >= 11 is 0. The zero-order valence-electron chi connectivity index (χ0n) is 14.3. The van der Waals surface area contributed by atoms with Crippen LogP contribution < -0.4 is 10.6 Å². The van der Waals surface area contributed by atoms with E-state index >= 15 is 0 Å². The van der Waals surface area contributed by atoms with E-state index in [0.29, 0.717) is 17.4 Å². The molecule has 0 spiro atoms. The number of hydrogen-bond donors (Lipinski definition) is 2. The van der Waals surface area contributed by atoms with Crippen LogP contribution in [-0.2, 0) is 4.79 Å². The third-order valence-corrected chi connectivity index (χ3v) is 3.86. The van der Waals surface area contributed by atoms with Crippen molar-refractivity contribution in [3.05, 3.63) is 78.1 Å². The van der Waals surface area contributed by atoms with E-state index in [2.05, 4.69) is 15.7 Å². The molecule has 2 aromatic carbocycles. The Balaban J connectivity index is 1.70. The lowest BCUT2D eigenvalue weighted by Crippen LogP contribution is -2.24. The average Bonchev–Trinajstić information content (AvgIpc) is 3.15. The third kappa shape index (κ3) is 4.35. The normalized spacial score (nSPS) is 11.7. The van der Waals surface area contributed by atoms with Gasteiger partial charge in [-0.2, -0.15) is 5.10 Å². The molecule has 0 saturated carbocycles. The summed E-state index contributed by atoms with van der Waals surface area (Å²) in [6.45, 7) is 1.70. The number of amides is 2. The Kier molecular flexibility index (Phi) is 5.25. The van der Waals surface area contributed by atoms with Crippen LogP contribution in [0.4, 0.5) is 20.2 Å². The maximum absolute atomic E-state index is 13.7. The molecular formula is C19H16F2N4O2. The number of anilines is 2. The number of nitrogens with one attached hydrogen (secondary N) is 2. The van der Waals surface area contributed by atoms with Gasteiger partial charge in [0.1, 0.15) is 17.7 Å². The average molecular weight is 370 g/mol. The lowest BCUT2D eigenvalue weighted by molar-refractivity contribution is -0.119. The minimum absolute atomic E-state index is 0.279. The number of carbonyl (C=O) groups is 2. The molecule has 0 bridgehead atoms. The van der Waals surface area contributed by atoms with Crippen molar-refractivity contribution in [3.63, 3.8) is 0 Å². The van der Waals surface area contributed by atoms with Gasteiger partial charge in [0.05, 0.1) is 5.56 Å². The molecule has 6 nitrogen and oxygen atoms in total. The van der Waals surface area contributed by atoms with Crippen molar-refractivity contribution in [1.82, 2.24) is 9.78 Å². The highest BCUT2D eigenvalue weighted by molar-refractivity contribution is 6.05. The minimum atomic E-state index is -0.954. The first kappa shape index (κ1) is 18.2. The molecule has 3 aromatic rings. The van der Waals surface area contributed by atoms with Crippen molar-refractivity contribution in [1.29, 1.82) is 0 Å². The standard InChI is InChI=1S/C19H16F2N4O2/c1-12(25-9-3-8-22-25)18(26)23-14-4-2-5-15(11-14)24-19(27)16-7-6-13(20)10-17(16)21/h2-12H,1H3,(H,23,26)(H,24,27). The van der Waals surface area contributed by atoms with Gasteiger partial charge in [-0.3, -0.25) is 14.3 Å². The quantitative estimate of drug-likeness (QED) is 0.720. The summed E-state index contributed by atoms with van der Waals surface area (Å²) < 4.78 is 28.2. The molecule has 1 aromatic heterocycles. The summed E-state index contributed by atoms with van der Waals surface area (Å²) in [5.41, 5.74) is 0.530. The number of halogens is 2. The second-order valence-electron chi connectivity index (χ2n) is 5.81. The molecule has 0 fully saturated rings. The fourth-order valence-electron chi connectivity index (χ4n) is 2.42. The summed E-state index contributed by atoms with van der Waals surface area (Å²) in [5, 5.41) is 9.27. The molecule has 0 aliphatic rings. The smallest absolute Gasteiger partial charge is 0.258 e. The van der Waals surface area contributed by atoms with Crippen LogP contribution in [0, 0.1) is 11.6 Å².